The third-order valence-electron chi connectivity index (χ3n) is 7.91. The Bertz CT molecular complexity index is 349. The van der Waals surface area contributed by atoms with Crippen LogP contribution in [0.5, 0.6) is 0 Å². The molecule has 0 saturated carbocycles. The van der Waals surface area contributed by atoms with Gasteiger partial charge in [0.25, 0.3) is 0 Å². The minimum atomic E-state index is -3.13. The molecule has 246 valence electrons. The Morgan fingerprint density at radius 2 is 0.350 bits per heavy atom. The van der Waals surface area contributed by atoms with Crippen molar-refractivity contribution < 1.29 is 14.4 Å². The average molecular weight is 591 g/mol. The van der Waals surface area contributed by atoms with Gasteiger partial charge in [0.05, 0.1) is 0 Å². The predicted octanol–water partition coefficient (Wildman–Crippen LogP) is 13.9. The zero-order valence-corrected chi connectivity index (χ0v) is 29.4. The molecule has 0 aromatic heterocycles. The molecule has 3 nitrogen and oxygen atoms in total. The van der Waals surface area contributed by atoms with Crippen LogP contribution in [-0.2, 0) is 4.57 Å². The smallest absolute Gasteiger partial charge is 0.314 e. The molecule has 2 N–H and O–H groups in total. The average Bonchev–Trinajstić information content (AvgIpc) is 2.93. The van der Waals surface area contributed by atoms with Crippen LogP contribution < -0.4 is 0 Å². The highest BCUT2D eigenvalue weighted by Crippen LogP contribution is 2.15. The first-order valence-corrected chi connectivity index (χ1v) is 19.8. The molecule has 0 radical (unpaired) electrons. The molecular weight excluding hydrogens is 511 g/mol. The molecule has 0 saturated heterocycles. The second kappa shape index (κ2) is 46.1. The van der Waals surface area contributed by atoms with Gasteiger partial charge in [0.15, 0.2) is 0 Å². The Morgan fingerprint density at radius 3 is 0.425 bits per heavy atom. The van der Waals surface area contributed by atoms with Crippen molar-refractivity contribution in [1.82, 2.24) is 0 Å². The van der Waals surface area contributed by atoms with E-state index >= 15 is 0 Å². The van der Waals surface area contributed by atoms with Gasteiger partial charge in [-0.25, -0.2) is 0 Å². The van der Waals surface area contributed by atoms with Crippen molar-refractivity contribution in [2.45, 2.75) is 233 Å². The van der Waals surface area contributed by atoms with Crippen molar-refractivity contribution >= 4 is 8.25 Å². The topological polar surface area (TPSA) is 57.5 Å². The minimum Gasteiger partial charge on any atom is -0.326 e. The lowest BCUT2D eigenvalue weighted by atomic mass is 10.0. The molecule has 0 unspecified atom stereocenters. The lowest BCUT2D eigenvalue weighted by Crippen LogP contribution is -1.83. The highest BCUT2D eigenvalue weighted by atomic mass is 31.1. The first-order valence-electron chi connectivity index (χ1n) is 18.5. The Hall–Kier alpha value is 0.150. The van der Waals surface area contributed by atoms with Crippen LogP contribution >= 0.6 is 8.25 Å². The standard InChI is InChI=1S/2C18H38.H3O3P/c2*1-3-5-7-9-11-13-15-17-18-16-14-12-10-8-6-4-2;1-4(2)3/h2*3-18H2,1-2H3;4H,(H2,1,2,3). The van der Waals surface area contributed by atoms with Gasteiger partial charge in [-0.3, -0.25) is 4.57 Å². The van der Waals surface area contributed by atoms with E-state index in [-0.39, 0.29) is 0 Å². The Labute approximate surface area is 255 Å². The predicted molar refractivity (Wildman–Crippen MR) is 184 cm³/mol. The molecule has 0 fully saturated rings. The van der Waals surface area contributed by atoms with Crippen LogP contribution in [0, 0.1) is 0 Å². The summed E-state index contributed by atoms with van der Waals surface area (Å²) >= 11 is 0. The SMILES string of the molecule is CCCCCCCCCCCCCCCCCC.CCCCCCCCCCCCCCCCCC.O=[PH](O)O. The Morgan fingerprint density at radius 1 is 0.275 bits per heavy atom. The molecule has 0 atom stereocenters. The lowest BCUT2D eigenvalue weighted by Gasteiger charge is -2.03. The molecule has 0 heterocycles. The summed E-state index contributed by atoms with van der Waals surface area (Å²) in [5.41, 5.74) is 0. The van der Waals surface area contributed by atoms with Crippen LogP contribution in [0.1, 0.15) is 233 Å². The van der Waals surface area contributed by atoms with Crippen molar-refractivity contribution in [3.05, 3.63) is 0 Å². The third kappa shape index (κ3) is 57.9. The summed E-state index contributed by atoms with van der Waals surface area (Å²) in [6, 6.07) is 0. The molecule has 0 bridgehead atoms. The van der Waals surface area contributed by atoms with Gasteiger partial charge in [-0.15, -0.1) is 0 Å². The lowest BCUT2D eigenvalue weighted by molar-refractivity contribution is 0.405. The van der Waals surface area contributed by atoms with E-state index in [9.17, 15) is 0 Å². The highest BCUT2D eigenvalue weighted by molar-refractivity contribution is 7.30. The number of hydrogen-bond donors (Lipinski definition) is 2. The van der Waals surface area contributed by atoms with Crippen molar-refractivity contribution in [3.8, 4) is 0 Å². The molecule has 4 heteroatoms. The van der Waals surface area contributed by atoms with Crippen molar-refractivity contribution in [2.75, 3.05) is 0 Å². The van der Waals surface area contributed by atoms with Crippen LogP contribution in [0.25, 0.3) is 0 Å². The van der Waals surface area contributed by atoms with Gasteiger partial charge in [0, 0.05) is 0 Å². The fourth-order valence-corrected chi connectivity index (χ4v) is 5.24. The molecule has 40 heavy (non-hydrogen) atoms. The fraction of sp³-hybridized carbons (Fsp3) is 1.00. The van der Waals surface area contributed by atoms with Gasteiger partial charge in [-0.1, -0.05) is 233 Å². The summed E-state index contributed by atoms with van der Waals surface area (Å²) in [6.45, 7) is 9.18. The monoisotopic (exact) mass is 591 g/mol. The van der Waals surface area contributed by atoms with Gasteiger partial charge < -0.3 is 9.79 Å². The van der Waals surface area contributed by atoms with Gasteiger partial charge >= 0.3 is 8.25 Å². The summed E-state index contributed by atoms with van der Waals surface area (Å²) in [5, 5.41) is 0. The molecule has 0 aromatic rings. The van der Waals surface area contributed by atoms with Crippen LogP contribution in [0.15, 0.2) is 0 Å². The third-order valence-corrected chi connectivity index (χ3v) is 7.91. The zero-order chi connectivity index (χ0) is 30.2. The van der Waals surface area contributed by atoms with E-state index in [1.165, 1.54) is 205 Å². The van der Waals surface area contributed by atoms with E-state index in [0.717, 1.165) is 0 Å². The minimum absolute atomic E-state index is 1.37. The van der Waals surface area contributed by atoms with Gasteiger partial charge in [0.2, 0.25) is 0 Å². The maximum Gasteiger partial charge on any atom is 0.314 e. The summed E-state index contributed by atoms with van der Waals surface area (Å²) in [6.07, 6.45) is 46.8. The van der Waals surface area contributed by atoms with Gasteiger partial charge in [-0.2, -0.15) is 0 Å². The number of unbranched alkanes of at least 4 members (excludes halogenated alkanes) is 30. The van der Waals surface area contributed by atoms with E-state index in [0.29, 0.717) is 0 Å². The van der Waals surface area contributed by atoms with Crippen LogP contribution in [0.4, 0.5) is 0 Å². The molecular formula is C36H79O3P. The molecule has 0 aromatic carbocycles. The first-order chi connectivity index (χ1) is 19.6. The molecule has 0 amide bonds. The largest absolute Gasteiger partial charge is 0.326 e. The van der Waals surface area contributed by atoms with E-state index in [1.807, 2.05) is 0 Å². The van der Waals surface area contributed by atoms with E-state index < -0.39 is 8.25 Å². The summed E-state index contributed by atoms with van der Waals surface area (Å²) < 4.78 is 8.74. The van der Waals surface area contributed by atoms with Crippen LogP contribution in [0.2, 0.25) is 0 Å². The molecule has 0 aliphatic carbocycles. The highest BCUT2D eigenvalue weighted by Gasteiger charge is 1.95. The maximum atomic E-state index is 8.74. The second-order valence-electron chi connectivity index (χ2n) is 12.2. The molecule has 0 aliphatic rings. The molecule has 0 spiro atoms. The molecule has 0 aliphatic heterocycles. The van der Waals surface area contributed by atoms with Crippen LogP contribution in [0.3, 0.4) is 0 Å². The van der Waals surface area contributed by atoms with E-state index in [2.05, 4.69) is 27.7 Å². The van der Waals surface area contributed by atoms with E-state index in [1.54, 1.807) is 0 Å². The number of rotatable bonds is 30. The van der Waals surface area contributed by atoms with Gasteiger partial charge in [0.1, 0.15) is 0 Å². The van der Waals surface area contributed by atoms with Crippen LogP contribution in [-0.4, -0.2) is 9.79 Å². The zero-order valence-electron chi connectivity index (χ0n) is 28.4. The summed E-state index contributed by atoms with van der Waals surface area (Å²) in [5.74, 6) is 0. The maximum absolute atomic E-state index is 8.74. The summed E-state index contributed by atoms with van der Waals surface area (Å²) in [4.78, 5) is 14.3. The second-order valence-corrected chi connectivity index (χ2v) is 12.7. The van der Waals surface area contributed by atoms with Crippen molar-refractivity contribution in [1.29, 1.82) is 0 Å². The van der Waals surface area contributed by atoms with E-state index in [4.69, 9.17) is 14.4 Å². The fourth-order valence-electron chi connectivity index (χ4n) is 5.24. The molecule has 0 rings (SSSR count). The summed E-state index contributed by atoms with van der Waals surface area (Å²) in [7, 11) is -3.13. The van der Waals surface area contributed by atoms with Gasteiger partial charge in [-0.05, 0) is 0 Å². The Kier molecular flexibility index (Phi) is 51.4. The number of hydrogen-bond acceptors (Lipinski definition) is 1. The Balaban J connectivity index is -0.000000603. The normalized spacial score (nSPS) is 10.8. The van der Waals surface area contributed by atoms with Crippen molar-refractivity contribution in [3.63, 3.8) is 0 Å². The first kappa shape index (κ1) is 44.6. The quantitative estimate of drug-likeness (QED) is 0.0646. The van der Waals surface area contributed by atoms with Crippen molar-refractivity contribution in [2.24, 2.45) is 0 Å².